The van der Waals surface area contributed by atoms with Gasteiger partial charge < -0.3 is 4.90 Å². The number of aryl methyl sites for hydroxylation is 1. The minimum Gasteiger partial charge on any atom is -0.338 e. The van der Waals surface area contributed by atoms with Gasteiger partial charge in [-0.2, -0.15) is 5.10 Å². The van der Waals surface area contributed by atoms with Crippen molar-refractivity contribution in [3.8, 4) is 0 Å². The normalized spacial score (nSPS) is 18.0. The topological polar surface area (TPSA) is 63.4 Å². The SMILES string of the molecule is Cc1cc2nccc(C3CCCN(C(=O)c4ccncc4)C3)n2n1. The predicted octanol–water partition coefficient (Wildman–Crippen LogP) is 2.45. The molecule has 0 radical (unpaired) electrons. The van der Waals surface area contributed by atoms with Gasteiger partial charge in [0.1, 0.15) is 0 Å². The van der Waals surface area contributed by atoms with Crippen LogP contribution in [-0.4, -0.2) is 43.5 Å². The molecule has 0 N–H and O–H groups in total. The van der Waals surface area contributed by atoms with E-state index in [2.05, 4.69) is 15.1 Å². The molecule has 4 rings (SSSR count). The number of piperidine rings is 1. The summed E-state index contributed by atoms with van der Waals surface area (Å²) < 4.78 is 1.92. The molecule has 4 heterocycles. The number of nitrogens with zero attached hydrogens (tertiary/aromatic N) is 5. The number of hydrogen-bond acceptors (Lipinski definition) is 4. The number of pyridine rings is 1. The number of aromatic nitrogens is 4. The minimum atomic E-state index is 0.0732. The fraction of sp³-hybridized carbons (Fsp3) is 0.333. The molecular formula is C18H19N5O. The van der Waals surface area contributed by atoms with Crippen molar-refractivity contribution in [1.29, 1.82) is 0 Å². The summed E-state index contributed by atoms with van der Waals surface area (Å²) in [6.45, 7) is 3.47. The second kappa shape index (κ2) is 6.03. The summed E-state index contributed by atoms with van der Waals surface area (Å²) in [5, 5.41) is 4.56. The third-order valence-electron chi connectivity index (χ3n) is 4.56. The molecule has 0 saturated carbocycles. The zero-order valence-electron chi connectivity index (χ0n) is 13.6. The highest BCUT2D eigenvalue weighted by molar-refractivity contribution is 5.94. The van der Waals surface area contributed by atoms with Crippen LogP contribution in [0.15, 0.2) is 42.9 Å². The van der Waals surface area contributed by atoms with E-state index in [1.807, 2.05) is 34.7 Å². The first-order valence-electron chi connectivity index (χ1n) is 8.23. The molecule has 1 amide bonds. The Labute approximate surface area is 140 Å². The average Bonchev–Trinajstić information content (AvgIpc) is 3.02. The fourth-order valence-corrected chi connectivity index (χ4v) is 3.42. The zero-order chi connectivity index (χ0) is 16.5. The quantitative estimate of drug-likeness (QED) is 0.727. The molecular weight excluding hydrogens is 302 g/mol. The molecule has 6 nitrogen and oxygen atoms in total. The van der Waals surface area contributed by atoms with Crippen molar-refractivity contribution in [3.05, 3.63) is 59.8 Å². The van der Waals surface area contributed by atoms with Crippen LogP contribution in [0.4, 0.5) is 0 Å². The van der Waals surface area contributed by atoms with Crippen LogP contribution in [0.2, 0.25) is 0 Å². The Hall–Kier alpha value is -2.76. The summed E-state index contributed by atoms with van der Waals surface area (Å²) in [5.74, 6) is 0.346. The lowest BCUT2D eigenvalue weighted by molar-refractivity contribution is 0.0705. The summed E-state index contributed by atoms with van der Waals surface area (Å²) in [6, 6.07) is 7.54. The van der Waals surface area contributed by atoms with E-state index < -0.39 is 0 Å². The van der Waals surface area contributed by atoms with Gasteiger partial charge in [-0.05, 0) is 38.0 Å². The Morgan fingerprint density at radius 2 is 2.04 bits per heavy atom. The van der Waals surface area contributed by atoms with Gasteiger partial charge in [-0.15, -0.1) is 0 Å². The van der Waals surface area contributed by atoms with Crippen LogP contribution < -0.4 is 0 Å². The highest BCUT2D eigenvalue weighted by Crippen LogP contribution is 2.27. The summed E-state index contributed by atoms with van der Waals surface area (Å²) in [4.78, 5) is 23.0. The van der Waals surface area contributed by atoms with Crippen LogP contribution in [0, 0.1) is 6.92 Å². The van der Waals surface area contributed by atoms with Gasteiger partial charge in [0, 0.05) is 49.2 Å². The molecule has 1 aliphatic rings. The van der Waals surface area contributed by atoms with Crippen molar-refractivity contribution in [2.24, 2.45) is 0 Å². The molecule has 3 aromatic rings. The van der Waals surface area contributed by atoms with Crippen molar-refractivity contribution in [2.45, 2.75) is 25.7 Å². The maximum Gasteiger partial charge on any atom is 0.253 e. The highest BCUT2D eigenvalue weighted by atomic mass is 16.2. The second-order valence-corrected chi connectivity index (χ2v) is 6.25. The van der Waals surface area contributed by atoms with E-state index in [1.54, 1.807) is 24.5 Å². The van der Waals surface area contributed by atoms with Crippen molar-refractivity contribution in [2.75, 3.05) is 13.1 Å². The maximum atomic E-state index is 12.7. The Morgan fingerprint density at radius 1 is 1.21 bits per heavy atom. The fourth-order valence-electron chi connectivity index (χ4n) is 3.42. The van der Waals surface area contributed by atoms with Gasteiger partial charge >= 0.3 is 0 Å². The Balaban J connectivity index is 1.61. The van der Waals surface area contributed by atoms with E-state index in [0.717, 1.165) is 36.4 Å². The Kier molecular flexibility index (Phi) is 3.72. The molecule has 3 aromatic heterocycles. The van der Waals surface area contributed by atoms with Crippen molar-refractivity contribution in [3.63, 3.8) is 0 Å². The lowest BCUT2D eigenvalue weighted by Crippen LogP contribution is -2.39. The molecule has 0 bridgehead atoms. The molecule has 122 valence electrons. The molecule has 1 aliphatic heterocycles. The maximum absolute atomic E-state index is 12.7. The molecule has 0 aliphatic carbocycles. The molecule has 6 heteroatoms. The third kappa shape index (κ3) is 2.64. The van der Waals surface area contributed by atoms with Gasteiger partial charge in [-0.3, -0.25) is 9.78 Å². The van der Waals surface area contributed by atoms with E-state index in [0.29, 0.717) is 12.1 Å². The first-order valence-corrected chi connectivity index (χ1v) is 8.23. The Morgan fingerprint density at radius 3 is 2.88 bits per heavy atom. The number of carbonyl (C=O) groups excluding carboxylic acids is 1. The average molecular weight is 321 g/mol. The van der Waals surface area contributed by atoms with Crippen LogP contribution in [0.5, 0.6) is 0 Å². The zero-order valence-corrected chi connectivity index (χ0v) is 13.6. The van der Waals surface area contributed by atoms with Crippen LogP contribution in [0.3, 0.4) is 0 Å². The van der Waals surface area contributed by atoms with E-state index in [-0.39, 0.29) is 11.8 Å². The van der Waals surface area contributed by atoms with Gasteiger partial charge in [0.2, 0.25) is 0 Å². The van der Waals surface area contributed by atoms with Crippen molar-refractivity contribution < 1.29 is 4.79 Å². The molecule has 1 saturated heterocycles. The van der Waals surface area contributed by atoms with Crippen LogP contribution in [0.1, 0.15) is 40.5 Å². The summed E-state index contributed by atoms with van der Waals surface area (Å²) in [7, 11) is 0. The predicted molar refractivity (Wildman–Crippen MR) is 89.8 cm³/mol. The van der Waals surface area contributed by atoms with Crippen LogP contribution in [-0.2, 0) is 0 Å². The molecule has 1 atom stereocenters. The van der Waals surface area contributed by atoms with E-state index >= 15 is 0 Å². The number of fused-ring (bicyclic) bond motifs is 1. The van der Waals surface area contributed by atoms with Gasteiger partial charge in [0.25, 0.3) is 5.91 Å². The first-order chi connectivity index (χ1) is 11.7. The highest BCUT2D eigenvalue weighted by Gasteiger charge is 2.27. The third-order valence-corrected chi connectivity index (χ3v) is 4.56. The number of hydrogen-bond donors (Lipinski definition) is 0. The van der Waals surface area contributed by atoms with Gasteiger partial charge in [0.05, 0.1) is 11.4 Å². The smallest absolute Gasteiger partial charge is 0.253 e. The van der Waals surface area contributed by atoms with E-state index in [1.165, 1.54) is 0 Å². The minimum absolute atomic E-state index is 0.0732. The van der Waals surface area contributed by atoms with E-state index in [4.69, 9.17) is 0 Å². The molecule has 24 heavy (non-hydrogen) atoms. The number of amides is 1. The number of rotatable bonds is 2. The van der Waals surface area contributed by atoms with Crippen LogP contribution >= 0.6 is 0 Å². The molecule has 1 fully saturated rings. The lowest BCUT2D eigenvalue weighted by atomic mass is 9.94. The van der Waals surface area contributed by atoms with Crippen molar-refractivity contribution in [1.82, 2.24) is 24.5 Å². The van der Waals surface area contributed by atoms with Gasteiger partial charge in [0.15, 0.2) is 5.65 Å². The second-order valence-electron chi connectivity index (χ2n) is 6.25. The number of likely N-dealkylation sites (tertiary alicyclic amines) is 1. The molecule has 0 aromatic carbocycles. The lowest BCUT2D eigenvalue weighted by Gasteiger charge is -2.33. The molecule has 1 unspecified atom stereocenters. The van der Waals surface area contributed by atoms with E-state index in [9.17, 15) is 4.79 Å². The van der Waals surface area contributed by atoms with Gasteiger partial charge in [-0.25, -0.2) is 9.50 Å². The van der Waals surface area contributed by atoms with Gasteiger partial charge in [-0.1, -0.05) is 0 Å². The van der Waals surface area contributed by atoms with Crippen LogP contribution in [0.25, 0.3) is 5.65 Å². The monoisotopic (exact) mass is 321 g/mol. The summed E-state index contributed by atoms with van der Waals surface area (Å²) in [5.41, 5.74) is 3.64. The number of carbonyl (C=O) groups is 1. The molecule has 0 spiro atoms. The largest absolute Gasteiger partial charge is 0.338 e. The van der Waals surface area contributed by atoms with Crippen molar-refractivity contribution >= 4 is 11.6 Å². The summed E-state index contributed by atoms with van der Waals surface area (Å²) >= 11 is 0. The Bertz CT molecular complexity index is 874. The standard InChI is InChI=1S/C18H19N5O/c1-13-11-17-20-9-6-16(23(17)21-13)15-3-2-10-22(12-15)18(24)14-4-7-19-8-5-14/h4-9,11,15H,2-3,10,12H2,1H3. The first kappa shape index (κ1) is 14.8. The summed E-state index contributed by atoms with van der Waals surface area (Å²) in [6.07, 6.45) is 7.19.